The highest BCUT2D eigenvalue weighted by Crippen LogP contribution is 2.23. The van der Waals surface area contributed by atoms with Gasteiger partial charge in [0.1, 0.15) is 5.82 Å². The summed E-state index contributed by atoms with van der Waals surface area (Å²) in [7, 11) is 1.32. The summed E-state index contributed by atoms with van der Waals surface area (Å²) in [6, 6.07) is 9.68. The highest BCUT2D eigenvalue weighted by Gasteiger charge is 2.12. The number of ether oxygens (including phenoxy) is 1. The van der Waals surface area contributed by atoms with Gasteiger partial charge >= 0.3 is 5.97 Å². The molecule has 0 fully saturated rings. The molecule has 0 aliphatic heterocycles. The molecule has 0 amide bonds. The maximum Gasteiger partial charge on any atom is 0.305 e. The fraction of sp³-hybridized carbons (Fsp3) is 0.250. The molecule has 0 heterocycles. The number of halogens is 1. The van der Waals surface area contributed by atoms with Crippen LogP contribution in [0.15, 0.2) is 36.4 Å². The summed E-state index contributed by atoms with van der Waals surface area (Å²) in [5.74, 6) is -0.765. The molecule has 0 unspecified atom stereocenters. The Morgan fingerprint density at radius 3 is 2.45 bits per heavy atom. The van der Waals surface area contributed by atoms with Crippen LogP contribution in [0, 0.1) is 5.82 Å². The first-order chi connectivity index (χ1) is 9.63. The zero-order valence-electron chi connectivity index (χ0n) is 11.2. The Balaban J connectivity index is 2.18. The number of hydrogen-bond donors (Lipinski definition) is 0. The largest absolute Gasteiger partial charge is 0.469 e. The van der Waals surface area contributed by atoms with Gasteiger partial charge in [-0.05, 0) is 23.9 Å². The summed E-state index contributed by atoms with van der Waals surface area (Å²) in [6.07, 6.45) is 0.878. The van der Waals surface area contributed by atoms with Gasteiger partial charge in [0.25, 0.3) is 0 Å². The third kappa shape index (κ3) is 3.02. The van der Waals surface area contributed by atoms with Crippen LogP contribution in [-0.2, 0) is 9.53 Å². The average Bonchev–Trinajstić information content (AvgIpc) is 2.47. The first kappa shape index (κ1) is 14.2. The van der Waals surface area contributed by atoms with Crippen molar-refractivity contribution in [1.82, 2.24) is 0 Å². The number of methoxy groups -OCH3 is 1. The van der Waals surface area contributed by atoms with Crippen LogP contribution in [-0.4, -0.2) is 18.9 Å². The number of fused-ring (bicyclic) bond motifs is 1. The SMILES string of the molecule is COC(=O)CCCC(=O)c1ccc(F)c2ccccc12. The molecule has 0 N–H and O–H groups in total. The fourth-order valence-corrected chi connectivity index (χ4v) is 2.14. The van der Waals surface area contributed by atoms with E-state index >= 15 is 0 Å². The number of rotatable bonds is 5. The van der Waals surface area contributed by atoms with Gasteiger partial charge in [-0.25, -0.2) is 4.39 Å². The Morgan fingerprint density at radius 1 is 1.05 bits per heavy atom. The molecule has 2 aromatic carbocycles. The van der Waals surface area contributed by atoms with E-state index < -0.39 is 0 Å². The summed E-state index contributed by atoms with van der Waals surface area (Å²) in [5, 5.41) is 1.04. The predicted molar refractivity (Wildman–Crippen MR) is 74.1 cm³/mol. The van der Waals surface area contributed by atoms with E-state index in [4.69, 9.17) is 0 Å². The zero-order chi connectivity index (χ0) is 14.5. The van der Waals surface area contributed by atoms with Crippen LogP contribution >= 0.6 is 0 Å². The molecule has 0 radical (unpaired) electrons. The zero-order valence-corrected chi connectivity index (χ0v) is 11.2. The second kappa shape index (κ2) is 6.28. The molecule has 0 bridgehead atoms. The maximum atomic E-state index is 13.7. The lowest BCUT2D eigenvalue weighted by molar-refractivity contribution is -0.140. The first-order valence-electron chi connectivity index (χ1n) is 6.40. The van der Waals surface area contributed by atoms with E-state index in [9.17, 15) is 14.0 Å². The van der Waals surface area contributed by atoms with Gasteiger partial charge in [-0.2, -0.15) is 0 Å². The smallest absolute Gasteiger partial charge is 0.305 e. The highest BCUT2D eigenvalue weighted by atomic mass is 19.1. The number of Topliss-reactive ketones (excluding diaryl/α,β-unsaturated/α-hetero) is 1. The van der Waals surface area contributed by atoms with Crippen molar-refractivity contribution in [3.8, 4) is 0 Å². The third-order valence-corrected chi connectivity index (χ3v) is 3.18. The van der Waals surface area contributed by atoms with Crippen LogP contribution in [0.25, 0.3) is 10.8 Å². The van der Waals surface area contributed by atoms with Gasteiger partial charge in [0.05, 0.1) is 7.11 Å². The normalized spacial score (nSPS) is 10.5. The van der Waals surface area contributed by atoms with Crippen molar-refractivity contribution in [3.63, 3.8) is 0 Å². The van der Waals surface area contributed by atoms with E-state index in [-0.39, 0.29) is 30.4 Å². The first-order valence-corrected chi connectivity index (χ1v) is 6.40. The summed E-state index contributed by atoms with van der Waals surface area (Å²) in [6.45, 7) is 0. The third-order valence-electron chi connectivity index (χ3n) is 3.18. The van der Waals surface area contributed by atoms with E-state index in [1.54, 1.807) is 24.3 Å². The molecule has 0 saturated heterocycles. The summed E-state index contributed by atoms with van der Waals surface area (Å²) in [5.41, 5.74) is 0.492. The van der Waals surface area contributed by atoms with Crippen molar-refractivity contribution in [3.05, 3.63) is 47.8 Å². The van der Waals surface area contributed by atoms with E-state index in [2.05, 4.69) is 4.74 Å². The predicted octanol–water partition coefficient (Wildman–Crippen LogP) is 3.50. The number of hydrogen-bond acceptors (Lipinski definition) is 3. The molecule has 0 spiro atoms. The van der Waals surface area contributed by atoms with E-state index in [1.807, 2.05) is 0 Å². The molecule has 4 heteroatoms. The monoisotopic (exact) mass is 274 g/mol. The van der Waals surface area contributed by atoms with Crippen molar-refractivity contribution in [2.45, 2.75) is 19.3 Å². The molecule has 104 valence electrons. The van der Waals surface area contributed by atoms with Crippen molar-refractivity contribution in [1.29, 1.82) is 0 Å². The molecule has 0 aromatic heterocycles. The Labute approximate surface area is 116 Å². The number of esters is 1. The number of ketones is 1. The van der Waals surface area contributed by atoms with Crippen molar-refractivity contribution < 1.29 is 18.7 Å². The Kier molecular flexibility index (Phi) is 4.45. The van der Waals surface area contributed by atoms with Gasteiger partial charge in [-0.1, -0.05) is 24.3 Å². The van der Waals surface area contributed by atoms with E-state index in [1.165, 1.54) is 19.2 Å². The van der Waals surface area contributed by atoms with Crippen molar-refractivity contribution >= 4 is 22.5 Å². The molecule has 0 saturated carbocycles. The van der Waals surface area contributed by atoms with Crippen LogP contribution in [0.5, 0.6) is 0 Å². The van der Waals surface area contributed by atoms with Crippen molar-refractivity contribution in [2.24, 2.45) is 0 Å². The molecular weight excluding hydrogens is 259 g/mol. The summed E-state index contributed by atoms with van der Waals surface area (Å²) >= 11 is 0. The lowest BCUT2D eigenvalue weighted by atomic mass is 9.98. The lowest BCUT2D eigenvalue weighted by Gasteiger charge is -2.06. The fourth-order valence-electron chi connectivity index (χ4n) is 2.14. The van der Waals surface area contributed by atoms with Crippen LogP contribution in [0.3, 0.4) is 0 Å². The second-order valence-corrected chi connectivity index (χ2v) is 4.49. The second-order valence-electron chi connectivity index (χ2n) is 4.49. The minimum absolute atomic E-state index is 0.0925. The maximum absolute atomic E-state index is 13.7. The highest BCUT2D eigenvalue weighted by molar-refractivity contribution is 6.08. The van der Waals surface area contributed by atoms with E-state index in [0.29, 0.717) is 22.8 Å². The van der Waals surface area contributed by atoms with Gasteiger partial charge in [0, 0.05) is 23.8 Å². The van der Waals surface area contributed by atoms with Crippen LogP contribution in [0.1, 0.15) is 29.6 Å². The van der Waals surface area contributed by atoms with Crippen LogP contribution in [0.4, 0.5) is 4.39 Å². The molecular formula is C16H15FO3. The molecule has 2 aromatic rings. The molecule has 2 rings (SSSR count). The Hall–Kier alpha value is -2.23. The Morgan fingerprint density at radius 2 is 1.75 bits per heavy atom. The van der Waals surface area contributed by atoms with Gasteiger partial charge in [0.15, 0.2) is 5.78 Å². The molecule has 0 atom stereocenters. The molecule has 3 nitrogen and oxygen atoms in total. The number of carbonyl (C=O) groups excluding carboxylic acids is 2. The van der Waals surface area contributed by atoms with Gasteiger partial charge in [0.2, 0.25) is 0 Å². The minimum atomic E-state index is -0.341. The number of carbonyl (C=O) groups is 2. The van der Waals surface area contributed by atoms with Gasteiger partial charge in [-0.3, -0.25) is 9.59 Å². The molecule has 0 aliphatic rings. The summed E-state index contributed by atoms with van der Waals surface area (Å²) < 4.78 is 18.2. The van der Waals surface area contributed by atoms with Crippen molar-refractivity contribution in [2.75, 3.05) is 7.11 Å². The average molecular weight is 274 g/mol. The van der Waals surface area contributed by atoms with Crippen LogP contribution in [0.2, 0.25) is 0 Å². The minimum Gasteiger partial charge on any atom is -0.469 e. The topological polar surface area (TPSA) is 43.4 Å². The molecule has 0 aliphatic carbocycles. The quantitative estimate of drug-likeness (QED) is 0.619. The van der Waals surface area contributed by atoms with E-state index in [0.717, 1.165) is 0 Å². The molecule has 20 heavy (non-hydrogen) atoms. The lowest BCUT2D eigenvalue weighted by Crippen LogP contribution is -2.04. The van der Waals surface area contributed by atoms with Gasteiger partial charge in [-0.15, -0.1) is 0 Å². The summed E-state index contributed by atoms with van der Waals surface area (Å²) in [4.78, 5) is 23.2. The standard InChI is InChI=1S/C16H15FO3/c1-20-16(19)8-4-7-15(18)13-9-10-14(17)12-6-3-2-5-11(12)13/h2-3,5-6,9-10H,4,7-8H2,1H3. The van der Waals surface area contributed by atoms with Gasteiger partial charge < -0.3 is 4.74 Å². The Bertz CT molecular complexity index is 649. The number of benzene rings is 2. The van der Waals surface area contributed by atoms with Crippen LogP contribution < -0.4 is 0 Å².